The molecule has 3 aliphatic heterocycles. The maximum Gasteiger partial charge on any atom is 0.265 e. The molecule has 3 aliphatic rings. The lowest BCUT2D eigenvalue weighted by molar-refractivity contribution is -0.000511. The lowest BCUT2D eigenvalue weighted by Crippen LogP contribution is -2.59. The van der Waals surface area contributed by atoms with Crippen molar-refractivity contribution in [1.82, 2.24) is 9.97 Å². The molecule has 0 bridgehead atoms. The van der Waals surface area contributed by atoms with Gasteiger partial charge in [0.25, 0.3) is 17.7 Å². The summed E-state index contributed by atoms with van der Waals surface area (Å²) in [6.07, 6.45) is 6.04. The van der Waals surface area contributed by atoms with E-state index in [-0.39, 0.29) is 23.1 Å². The van der Waals surface area contributed by atoms with Crippen LogP contribution in [-0.4, -0.2) is 60.5 Å². The topological polar surface area (TPSA) is 141 Å². The third kappa shape index (κ3) is 6.54. The van der Waals surface area contributed by atoms with Gasteiger partial charge >= 0.3 is 0 Å². The molecule has 0 unspecified atom stereocenters. The van der Waals surface area contributed by atoms with Crippen molar-refractivity contribution < 1.29 is 19.1 Å². The predicted molar refractivity (Wildman–Crippen MR) is 205 cm³/mol. The van der Waals surface area contributed by atoms with Gasteiger partial charge in [-0.25, -0.2) is 4.98 Å². The molecule has 0 atom stereocenters. The number of aryl methyl sites for hydroxylation is 2. The molecule has 2 N–H and O–H groups in total. The number of hydrogen-bond acceptors (Lipinski definition) is 9. The van der Waals surface area contributed by atoms with E-state index in [9.17, 15) is 19.6 Å². The number of thiophene rings is 1. The van der Waals surface area contributed by atoms with Gasteiger partial charge in [-0.3, -0.25) is 19.4 Å². The van der Waals surface area contributed by atoms with Crippen LogP contribution in [0, 0.1) is 30.6 Å². The summed E-state index contributed by atoms with van der Waals surface area (Å²) >= 11 is 1.32. The molecule has 6 heterocycles. The molecule has 0 radical (unpaired) electrons. The van der Waals surface area contributed by atoms with Gasteiger partial charge in [0.1, 0.15) is 17.6 Å². The Labute approximate surface area is 311 Å². The van der Waals surface area contributed by atoms with Gasteiger partial charge in [-0.2, -0.15) is 5.26 Å². The number of benzene rings is 2. The summed E-state index contributed by atoms with van der Waals surface area (Å²) in [6, 6.07) is 21.8. The lowest BCUT2D eigenvalue weighted by Gasteiger charge is -2.53. The van der Waals surface area contributed by atoms with Gasteiger partial charge in [0, 0.05) is 61.9 Å². The van der Waals surface area contributed by atoms with Crippen LogP contribution in [0.4, 0.5) is 22.9 Å². The molecule has 8 rings (SSSR count). The highest BCUT2D eigenvalue weighted by molar-refractivity contribution is 7.17. The number of rotatable bonds is 6. The minimum absolute atomic E-state index is 0.196. The Bertz CT molecular complexity index is 2300. The van der Waals surface area contributed by atoms with Crippen molar-refractivity contribution in [2.45, 2.75) is 33.1 Å². The molecule has 5 aromatic rings. The fourth-order valence-corrected chi connectivity index (χ4v) is 8.56. The van der Waals surface area contributed by atoms with E-state index >= 15 is 0 Å². The first kappa shape index (κ1) is 34.2. The van der Waals surface area contributed by atoms with Crippen LogP contribution in [-0.2, 0) is 11.2 Å². The Morgan fingerprint density at radius 2 is 1.74 bits per heavy atom. The molecule has 2 saturated heterocycles. The average Bonchev–Trinajstić information content (AvgIpc) is 3.53. The molecule has 3 amide bonds. The molecule has 3 aromatic heterocycles. The monoisotopic (exact) mass is 723 g/mol. The summed E-state index contributed by atoms with van der Waals surface area (Å²) in [5.41, 5.74) is 6.60. The van der Waals surface area contributed by atoms with Gasteiger partial charge in [-0.05, 0) is 104 Å². The zero-order chi connectivity index (χ0) is 36.7. The zero-order valence-corrected chi connectivity index (χ0v) is 30.3. The van der Waals surface area contributed by atoms with Gasteiger partial charge in [0.15, 0.2) is 0 Å². The first-order valence-corrected chi connectivity index (χ1v) is 18.5. The number of fused-ring (bicyclic) bond motifs is 3. The van der Waals surface area contributed by atoms with Crippen LogP contribution in [0.1, 0.15) is 65.5 Å². The number of nitriles is 1. The number of hydrogen-bond donors (Lipinski definition) is 2. The third-order valence-electron chi connectivity index (χ3n) is 10.4. The van der Waals surface area contributed by atoms with E-state index in [0.717, 1.165) is 60.7 Å². The molecule has 12 heteroatoms. The number of para-hydroxylation sites is 1. The van der Waals surface area contributed by atoms with Crippen molar-refractivity contribution >= 4 is 51.9 Å². The van der Waals surface area contributed by atoms with Crippen LogP contribution in [0.5, 0.6) is 0 Å². The Morgan fingerprint density at radius 3 is 2.51 bits per heavy atom. The van der Waals surface area contributed by atoms with Crippen LogP contribution in [0.3, 0.4) is 0 Å². The zero-order valence-electron chi connectivity index (χ0n) is 29.4. The maximum absolute atomic E-state index is 14.0. The van der Waals surface area contributed by atoms with Gasteiger partial charge in [-0.1, -0.05) is 12.1 Å². The second-order valence-corrected chi connectivity index (χ2v) is 15.0. The summed E-state index contributed by atoms with van der Waals surface area (Å²) in [7, 11) is 0. The summed E-state index contributed by atoms with van der Waals surface area (Å²) < 4.78 is 5.57. The molecule has 266 valence electrons. The van der Waals surface area contributed by atoms with Gasteiger partial charge in [-0.15, -0.1) is 11.3 Å². The summed E-state index contributed by atoms with van der Waals surface area (Å²) in [6.45, 7) is 7.44. The molecule has 0 saturated carbocycles. The molecular weight excluding hydrogens is 687 g/mol. The number of carbonyl (C=O) groups is 3. The first-order valence-electron chi connectivity index (χ1n) is 17.6. The minimum Gasteiger partial charge on any atom is -0.381 e. The average molecular weight is 724 g/mol. The van der Waals surface area contributed by atoms with E-state index < -0.39 is 0 Å². The molecule has 2 aromatic carbocycles. The fraction of sp³-hybridized carbons (Fsp3) is 0.268. The standard InChI is InChI=1S/C41H37N7O4S/c1-25-19-31(37(44-22-25)47-23-41(24-47)13-17-52-18-14-41)38(49)45-30-10-8-27(9-11-30)40(51)48-16-12-28-20-33(53-36(28)35-32(48)7-4-15-43-35)39(50)46-34-26(2)5-3-6-29(34)21-42/h3-11,15,19-20,22H,12-14,16-18,23-24H2,1-2H3,(H,45,49)(H,46,50). The summed E-state index contributed by atoms with van der Waals surface area (Å²) in [4.78, 5) is 55.6. The summed E-state index contributed by atoms with van der Waals surface area (Å²) in [5, 5.41) is 15.5. The van der Waals surface area contributed by atoms with Gasteiger partial charge < -0.3 is 25.2 Å². The van der Waals surface area contributed by atoms with E-state index in [0.29, 0.717) is 63.1 Å². The second kappa shape index (κ2) is 13.9. The fourth-order valence-electron chi connectivity index (χ4n) is 7.45. The Balaban J connectivity index is 0.978. The SMILES string of the molecule is Cc1cnc(N2CC3(CCOCC3)C2)c(C(=O)Nc2ccc(C(=O)N3CCc4cc(C(=O)Nc5c(C)cccc5C#N)sc4-c4ncccc43)cc2)c1. The Morgan fingerprint density at radius 1 is 0.943 bits per heavy atom. The van der Waals surface area contributed by atoms with E-state index in [1.165, 1.54) is 11.3 Å². The first-order chi connectivity index (χ1) is 25.7. The number of ether oxygens (including phenoxy) is 1. The van der Waals surface area contributed by atoms with Crippen molar-refractivity contribution in [1.29, 1.82) is 5.26 Å². The van der Waals surface area contributed by atoms with E-state index in [1.807, 2.05) is 38.1 Å². The highest BCUT2D eigenvalue weighted by Crippen LogP contribution is 2.43. The lowest BCUT2D eigenvalue weighted by atomic mass is 9.73. The number of carbonyl (C=O) groups excluding carboxylic acids is 3. The number of nitrogens with one attached hydrogen (secondary N) is 2. The van der Waals surface area contributed by atoms with Crippen LogP contribution < -0.4 is 20.4 Å². The number of anilines is 4. The van der Waals surface area contributed by atoms with Crippen LogP contribution in [0.25, 0.3) is 10.6 Å². The minimum atomic E-state index is -0.301. The van der Waals surface area contributed by atoms with Crippen molar-refractivity contribution in [3.05, 3.63) is 117 Å². The smallest absolute Gasteiger partial charge is 0.265 e. The van der Waals surface area contributed by atoms with E-state index in [4.69, 9.17) is 4.74 Å². The molecule has 1 spiro atoms. The third-order valence-corrected chi connectivity index (χ3v) is 11.5. The highest BCUT2D eigenvalue weighted by Gasteiger charge is 2.45. The van der Waals surface area contributed by atoms with E-state index in [2.05, 4.69) is 31.6 Å². The van der Waals surface area contributed by atoms with Gasteiger partial charge in [0.2, 0.25) is 0 Å². The van der Waals surface area contributed by atoms with Crippen LogP contribution in [0.15, 0.2) is 79.1 Å². The van der Waals surface area contributed by atoms with Crippen LogP contribution >= 0.6 is 11.3 Å². The van der Waals surface area contributed by atoms with Crippen LogP contribution in [0.2, 0.25) is 0 Å². The quantitative estimate of drug-likeness (QED) is 0.191. The number of nitrogens with zero attached hydrogens (tertiary/aromatic N) is 5. The Hall–Kier alpha value is -5.90. The highest BCUT2D eigenvalue weighted by atomic mass is 32.1. The maximum atomic E-state index is 14.0. The molecule has 0 aliphatic carbocycles. The summed E-state index contributed by atoms with van der Waals surface area (Å²) in [5.74, 6) is -0.0606. The number of amides is 3. The number of pyridine rings is 2. The normalized spacial score (nSPS) is 15.7. The largest absolute Gasteiger partial charge is 0.381 e. The Kier molecular flexibility index (Phi) is 8.98. The van der Waals surface area contributed by atoms with Crippen molar-refractivity contribution in [2.75, 3.05) is 53.3 Å². The molecule has 2 fully saturated rings. The predicted octanol–water partition coefficient (Wildman–Crippen LogP) is 7.02. The van der Waals surface area contributed by atoms with Crippen molar-refractivity contribution in [3.8, 4) is 16.6 Å². The molecule has 11 nitrogen and oxygen atoms in total. The van der Waals surface area contributed by atoms with Crippen molar-refractivity contribution in [2.24, 2.45) is 5.41 Å². The molecular formula is C41H37N7O4S. The second-order valence-electron chi connectivity index (χ2n) is 14.0. The number of aromatic nitrogens is 2. The van der Waals surface area contributed by atoms with Crippen molar-refractivity contribution in [3.63, 3.8) is 0 Å². The van der Waals surface area contributed by atoms with E-state index in [1.54, 1.807) is 59.8 Å². The molecule has 53 heavy (non-hydrogen) atoms. The van der Waals surface area contributed by atoms with Gasteiger partial charge in [0.05, 0.1) is 32.3 Å².